The molecule has 37 heavy (non-hydrogen) atoms. The van der Waals surface area contributed by atoms with Crippen LogP contribution in [0.4, 0.5) is 0 Å². The van der Waals surface area contributed by atoms with E-state index in [1.54, 1.807) is 0 Å². The molecule has 0 aromatic heterocycles. The van der Waals surface area contributed by atoms with Crippen molar-refractivity contribution >= 4 is 17.3 Å². The molecule has 0 saturated carbocycles. The molecule has 222 valence electrons. The van der Waals surface area contributed by atoms with Crippen LogP contribution in [0.1, 0.15) is 168 Å². The van der Waals surface area contributed by atoms with Gasteiger partial charge in [0.05, 0.1) is 0 Å². The predicted octanol–water partition coefficient (Wildman–Crippen LogP) is 10.7. The summed E-state index contributed by atoms with van der Waals surface area (Å²) in [6.07, 6.45) is 33.0. The Bertz CT molecular complexity index is 435. The van der Waals surface area contributed by atoms with Crippen molar-refractivity contribution in [3.8, 4) is 0 Å². The maximum atomic E-state index is 6.07. The summed E-state index contributed by atoms with van der Waals surface area (Å²) < 4.78 is 14.0. The fourth-order valence-electron chi connectivity index (χ4n) is 4.82. The lowest BCUT2D eigenvalue weighted by Crippen LogP contribution is -2.27. The largest absolute Gasteiger partial charge is 0.371 e. The molecule has 0 aromatic carbocycles. The van der Waals surface area contributed by atoms with Gasteiger partial charge < -0.3 is 9.47 Å². The molecule has 0 aliphatic heterocycles. The first-order valence-corrected chi connectivity index (χ1v) is 17.1. The minimum absolute atomic E-state index is 0.485. The van der Waals surface area contributed by atoms with Gasteiger partial charge in [-0.1, -0.05) is 167 Å². The van der Waals surface area contributed by atoms with E-state index in [2.05, 4.69) is 18.4 Å². The summed E-state index contributed by atoms with van der Waals surface area (Å²) in [7, 11) is 2.03. The molecule has 0 unspecified atom stereocenters. The van der Waals surface area contributed by atoms with E-state index in [0.29, 0.717) is 19.2 Å². The second-order valence-corrected chi connectivity index (χ2v) is 11.5. The van der Waals surface area contributed by atoms with Crippen LogP contribution in [0.2, 0.25) is 0 Å². The van der Waals surface area contributed by atoms with Crippen LogP contribution in [-0.4, -0.2) is 49.8 Å². The summed E-state index contributed by atoms with van der Waals surface area (Å²) >= 11 is 6.07. The molecule has 0 saturated heterocycles. The Kier molecular flexibility index (Phi) is 32.0. The van der Waals surface area contributed by atoms with E-state index in [9.17, 15) is 0 Å². The van der Waals surface area contributed by atoms with Gasteiger partial charge in [-0.05, 0) is 12.8 Å². The molecule has 0 radical (unpaired) electrons. The van der Waals surface area contributed by atoms with Gasteiger partial charge in [0, 0.05) is 13.2 Å². The topological polar surface area (TPSA) is 21.5 Å². The highest BCUT2D eigenvalue weighted by molar-refractivity contribution is 6.17. The van der Waals surface area contributed by atoms with Crippen molar-refractivity contribution in [3.05, 3.63) is 0 Å². The Morgan fingerprint density at radius 3 is 1.00 bits per heavy atom. The summed E-state index contributed by atoms with van der Waals surface area (Å²) in [5, 5.41) is 0. The van der Waals surface area contributed by atoms with Crippen LogP contribution in [0, 0.1) is 0 Å². The van der Waals surface area contributed by atoms with Gasteiger partial charge in [-0.25, -0.2) is 4.58 Å². The van der Waals surface area contributed by atoms with Gasteiger partial charge in [0.25, 0.3) is 0 Å². The number of hydrogen-bond acceptors (Lipinski definition) is 2. The molecule has 0 N–H and O–H groups in total. The molecular formula is C33H67ClNO2+. The van der Waals surface area contributed by atoms with Crippen LogP contribution in [0.3, 0.4) is 0 Å². The Hall–Kier alpha value is -0.120. The lowest BCUT2D eigenvalue weighted by molar-refractivity contribution is -0.481. The quantitative estimate of drug-likeness (QED) is 0.0284. The molecule has 0 amide bonds. The third-order valence-electron chi connectivity index (χ3n) is 7.54. The predicted molar refractivity (Wildman–Crippen MR) is 166 cm³/mol. The van der Waals surface area contributed by atoms with Gasteiger partial charge in [0.1, 0.15) is 20.3 Å². The van der Waals surface area contributed by atoms with E-state index in [0.717, 1.165) is 31.8 Å². The lowest BCUT2D eigenvalue weighted by atomic mass is 10.1. The summed E-state index contributed by atoms with van der Waals surface area (Å²) in [4.78, 5) is 0. The Labute approximate surface area is 238 Å². The molecule has 0 rings (SSSR count). The fraction of sp³-hybridized carbons (Fsp3) is 0.970. The molecule has 0 bridgehead atoms. The van der Waals surface area contributed by atoms with Crippen LogP contribution in [0.15, 0.2) is 0 Å². The van der Waals surface area contributed by atoms with E-state index in [1.807, 2.05) is 7.05 Å². The number of unbranched alkanes of at least 4 members (excludes halogenated alkanes) is 22. The minimum atomic E-state index is 0.485. The number of halogens is 1. The third-order valence-corrected chi connectivity index (χ3v) is 7.90. The van der Waals surface area contributed by atoms with Crippen molar-refractivity contribution in [2.75, 3.05) is 39.5 Å². The first-order chi connectivity index (χ1) is 18.3. The van der Waals surface area contributed by atoms with E-state index in [-0.39, 0.29) is 0 Å². The average molecular weight is 545 g/mol. The maximum Gasteiger partial charge on any atom is 0.217 e. The number of rotatable bonds is 31. The van der Waals surface area contributed by atoms with Gasteiger partial charge >= 0.3 is 0 Å². The molecule has 3 nitrogen and oxygen atoms in total. The zero-order chi connectivity index (χ0) is 27.1. The highest BCUT2D eigenvalue weighted by Crippen LogP contribution is 2.13. The highest BCUT2D eigenvalue weighted by atomic mass is 35.5. The Morgan fingerprint density at radius 2 is 0.730 bits per heavy atom. The van der Waals surface area contributed by atoms with Crippen LogP contribution >= 0.6 is 11.6 Å². The zero-order valence-electron chi connectivity index (χ0n) is 25.6. The molecule has 0 spiro atoms. The highest BCUT2D eigenvalue weighted by Gasteiger charge is 2.11. The van der Waals surface area contributed by atoms with Gasteiger partial charge in [-0.15, -0.1) is 0 Å². The molecule has 0 aliphatic carbocycles. The second kappa shape index (κ2) is 32.1. The molecule has 0 fully saturated rings. The molecule has 0 aromatic rings. The number of ether oxygens (including phenoxy) is 2. The van der Waals surface area contributed by atoms with Crippen molar-refractivity contribution in [3.63, 3.8) is 0 Å². The van der Waals surface area contributed by atoms with Crippen LogP contribution in [-0.2, 0) is 9.47 Å². The zero-order valence-corrected chi connectivity index (χ0v) is 26.4. The first kappa shape index (κ1) is 36.9. The number of alkyl halides is 1. The molecule has 0 aliphatic rings. The average Bonchev–Trinajstić information content (AvgIpc) is 2.91. The van der Waals surface area contributed by atoms with Gasteiger partial charge in [-0.2, -0.15) is 0 Å². The smallest absolute Gasteiger partial charge is 0.217 e. The Balaban J connectivity index is 3.54. The van der Waals surface area contributed by atoms with E-state index in [4.69, 9.17) is 21.1 Å². The van der Waals surface area contributed by atoms with E-state index < -0.39 is 0 Å². The van der Waals surface area contributed by atoms with Crippen LogP contribution < -0.4 is 0 Å². The molecule has 0 atom stereocenters. The van der Waals surface area contributed by atoms with Crippen molar-refractivity contribution in [2.24, 2.45) is 0 Å². The summed E-state index contributed by atoms with van der Waals surface area (Å²) in [5.74, 6) is 0. The molecule has 4 heteroatoms. The van der Waals surface area contributed by atoms with Crippen molar-refractivity contribution in [2.45, 2.75) is 168 Å². The summed E-state index contributed by atoms with van der Waals surface area (Å²) in [6, 6.07) is 0.485. The van der Waals surface area contributed by atoms with Crippen molar-refractivity contribution in [1.82, 2.24) is 0 Å². The summed E-state index contributed by atoms with van der Waals surface area (Å²) in [6.45, 7) is 7.54. The molecular weight excluding hydrogens is 478 g/mol. The maximum absolute atomic E-state index is 6.07. The monoisotopic (exact) mass is 544 g/mol. The lowest BCUT2D eigenvalue weighted by Gasteiger charge is -2.08. The standard InChI is InChI=1S/C33H67ClNO2/c1-4-6-8-10-12-14-16-18-20-22-24-26-28-36-30-33(35(3)32-34)31-37-29-27-25-23-21-19-17-15-13-11-9-7-5-2/h4-32H2,1-3H3/q+1. The summed E-state index contributed by atoms with van der Waals surface area (Å²) in [5.41, 5.74) is 1.16. The van der Waals surface area contributed by atoms with Gasteiger partial charge in [0.15, 0.2) is 0 Å². The van der Waals surface area contributed by atoms with Gasteiger partial charge in [-0.3, -0.25) is 0 Å². The number of hydrogen-bond donors (Lipinski definition) is 0. The number of nitrogens with zero attached hydrogens (tertiary/aromatic N) is 1. The van der Waals surface area contributed by atoms with Crippen LogP contribution in [0.5, 0.6) is 0 Å². The van der Waals surface area contributed by atoms with E-state index >= 15 is 0 Å². The van der Waals surface area contributed by atoms with E-state index in [1.165, 1.54) is 141 Å². The minimum Gasteiger partial charge on any atom is -0.371 e. The third kappa shape index (κ3) is 28.7. The van der Waals surface area contributed by atoms with Crippen LogP contribution in [0.25, 0.3) is 0 Å². The normalized spacial score (nSPS) is 11.4. The van der Waals surface area contributed by atoms with Crippen molar-refractivity contribution < 1.29 is 14.0 Å². The van der Waals surface area contributed by atoms with Gasteiger partial charge in [0.2, 0.25) is 11.7 Å². The Morgan fingerprint density at radius 1 is 0.459 bits per heavy atom. The van der Waals surface area contributed by atoms with Crippen molar-refractivity contribution in [1.29, 1.82) is 0 Å². The second-order valence-electron chi connectivity index (χ2n) is 11.3. The SMILES string of the molecule is CCCCCCCCCCCCCCOCC(COCCCCCCCCCCCCCC)=[N+](C)CCl. The molecule has 0 heterocycles. The fourth-order valence-corrected chi connectivity index (χ4v) is 4.99. The first-order valence-electron chi connectivity index (χ1n) is 16.5.